The van der Waals surface area contributed by atoms with E-state index in [9.17, 15) is 15.3 Å². The number of hydrogen-bond donors (Lipinski definition) is 3. The van der Waals surface area contributed by atoms with Crippen LogP contribution in [0, 0.1) is 11.3 Å². The van der Waals surface area contributed by atoms with Gasteiger partial charge < -0.3 is 28.7 Å². The molecule has 0 saturated heterocycles. The van der Waals surface area contributed by atoms with E-state index in [1.54, 1.807) is 12.1 Å². The fourth-order valence-corrected chi connectivity index (χ4v) is 4.59. The van der Waals surface area contributed by atoms with E-state index in [2.05, 4.69) is 23.9 Å². The molecule has 3 aromatic heterocycles. The van der Waals surface area contributed by atoms with Crippen LogP contribution in [-0.2, 0) is 39.3 Å². The summed E-state index contributed by atoms with van der Waals surface area (Å²) in [5.74, 6) is 3.59. The van der Waals surface area contributed by atoms with Crippen molar-refractivity contribution in [3.63, 3.8) is 0 Å². The van der Waals surface area contributed by atoms with Gasteiger partial charge in [-0.1, -0.05) is 19.0 Å². The van der Waals surface area contributed by atoms with Crippen molar-refractivity contribution in [2.75, 3.05) is 0 Å². The van der Waals surface area contributed by atoms with Crippen LogP contribution in [0.25, 0.3) is 0 Å². The maximum Gasteiger partial charge on any atom is 0.162 e. The number of rotatable bonds is 10. The molecule has 1 aliphatic carbocycles. The summed E-state index contributed by atoms with van der Waals surface area (Å²) >= 11 is 0. The van der Waals surface area contributed by atoms with Gasteiger partial charge in [-0.25, -0.2) is 0 Å². The smallest absolute Gasteiger partial charge is 0.162 e. The van der Waals surface area contributed by atoms with E-state index in [0.29, 0.717) is 36.3 Å². The third-order valence-corrected chi connectivity index (χ3v) is 6.54. The number of aromatic nitrogens is 1. The van der Waals surface area contributed by atoms with Gasteiger partial charge in [-0.3, -0.25) is 4.90 Å². The largest absolute Gasteiger partial charge is 0.462 e. The molecule has 1 saturated carbocycles. The van der Waals surface area contributed by atoms with Crippen molar-refractivity contribution in [3.8, 4) is 0 Å². The number of aliphatic hydroxyl groups excluding tert-OH is 3. The van der Waals surface area contributed by atoms with Gasteiger partial charge in [-0.15, -0.1) is 0 Å². The summed E-state index contributed by atoms with van der Waals surface area (Å²) in [5, 5.41) is 31.9. The lowest BCUT2D eigenvalue weighted by Gasteiger charge is -2.56. The highest BCUT2D eigenvalue weighted by Gasteiger charge is 2.50. The van der Waals surface area contributed by atoms with E-state index in [1.165, 1.54) is 0 Å². The van der Waals surface area contributed by atoms with Gasteiger partial charge in [0, 0.05) is 12.1 Å². The molecule has 0 aromatic carbocycles. The Morgan fingerprint density at radius 2 is 1.45 bits per heavy atom. The standard InChI is InChI=1S/C23H30N2O6/c1-23(2)15(7-16-9-21(14-28)31-24-16)8-22(23)25(10-17-3-5-19(12-26)29-17)11-18-4-6-20(13-27)30-18/h3-6,9,15,22,26-28H,7-8,10-14H2,1-2H3/t15-,22+/m1/s1. The molecular formula is C23H30N2O6. The lowest BCUT2D eigenvalue weighted by Crippen LogP contribution is -2.58. The minimum Gasteiger partial charge on any atom is -0.462 e. The average molecular weight is 431 g/mol. The van der Waals surface area contributed by atoms with Gasteiger partial charge in [0.1, 0.15) is 42.9 Å². The predicted octanol–water partition coefficient (Wildman–Crippen LogP) is 3.00. The molecule has 8 nitrogen and oxygen atoms in total. The van der Waals surface area contributed by atoms with Gasteiger partial charge in [0.15, 0.2) is 5.76 Å². The molecule has 2 atom stereocenters. The average Bonchev–Trinajstić information content (AvgIpc) is 3.51. The van der Waals surface area contributed by atoms with Gasteiger partial charge in [-0.2, -0.15) is 0 Å². The van der Waals surface area contributed by atoms with Crippen molar-refractivity contribution in [1.82, 2.24) is 10.1 Å². The SMILES string of the molecule is CC1(C)[C@H](Cc2cc(CO)on2)C[C@@H]1N(Cc1ccc(CO)o1)Cc1ccc(CO)o1. The molecule has 3 N–H and O–H groups in total. The summed E-state index contributed by atoms with van der Waals surface area (Å²) in [6.07, 6.45) is 1.78. The molecule has 0 amide bonds. The molecule has 0 radical (unpaired) electrons. The molecule has 0 unspecified atom stereocenters. The quantitative estimate of drug-likeness (QED) is 0.449. The van der Waals surface area contributed by atoms with Crippen molar-refractivity contribution in [2.45, 2.75) is 65.6 Å². The van der Waals surface area contributed by atoms with Gasteiger partial charge in [-0.05, 0) is 48.4 Å². The Morgan fingerprint density at radius 3 is 1.90 bits per heavy atom. The summed E-state index contributed by atoms with van der Waals surface area (Å²) in [5.41, 5.74) is 0.876. The van der Waals surface area contributed by atoms with E-state index in [4.69, 9.17) is 13.4 Å². The van der Waals surface area contributed by atoms with Crippen LogP contribution in [0.2, 0.25) is 0 Å². The van der Waals surface area contributed by atoms with Crippen LogP contribution in [0.15, 0.2) is 43.7 Å². The zero-order chi connectivity index (χ0) is 22.0. The highest BCUT2D eigenvalue weighted by Crippen LogP contribution is 2.51. The molecule has 168 valence electrons. The number of aliphatic hydroxyl groups is 3. The summed E-state index contributed by atoms with van der Waals surface area (Å²) in [6.45, 7) is 5.31. The first-order valence-corrected chi connectivity index (χ1v) is 10.6. The molecule has 1 fully saturated rings. The Morgan fingerprint density at radius 1 is 0.903 bits per heavy atom. The topological polar surface area (TPSA) is 116 Å². The molecule has 8 heteroatoms. The van der Waals surface area contributed by atoms with E-state index < -0.39 is 0 Å². The Balaban J connectivity index is 1.49. The zero-order valence-electron chi connectivity index (χ0n) is 18.0. The fourth-order valence-electron chi connectivity index (χ4n) is 4.59. The summed E-state index contributed by atoms with van der Waals surface area (Å²) in [7, 11) is 0. The molecule has 3 aromatic rings. The molecule has 31 heavy (non-hydrogen) atoms. The van der Waals surface area contributed by atoms with Crippen LogP contribution >= 0.6 is 0 Å². The minimum absolute atomic E-state index is 0.0110. The van der Waals surface area contributed by atoms with Crippen molar-refractivity contribution in [3.05, 3.63) is 64.8 Å². The third-order valence-electron chi connectivity index (χ3n) is 6.54. The lowest BCUT2D eigenvalue weighted by molar-refractivity contribution is -0.0754. The highest BCUT2D eigenvalue weighted by molar-refractivity contribution is 5.14. The monoisotopic (exact) mass is 430 g/mol. The molecular weight excluding hydrogens is 400 g/mol. The second-order valence-corrected chi connectivity index (χ2v) is 8.87. The first-order valence-electron chi connectivity index (χ1n) is 10.6. The molecule has 1 aliphatic rings. The summed E-state index contributed by atoms with van der Waals surface area (Å²) < 4.78 is 16.6. The maximum absolute atomic E-state index is 9.32. The third kappa shape index (κ3) is 4.62. The van der Waals surface area contributed by atoms with Crippen LogP contribution < -0.4 is 0 Å². The van der Waals surface area contributed by atoms with Crippen LogP contribution in [0.3, 0.4) is 0 Å². The number of furan rings is 2. The first-order chi connectivity index (χ1) is 14.9. The highest BCUT2D eigenvalue weighted by atomic mass is 16.5. The Kier molecular flexibility index (Phi) is 6.34. The summed E-state index contributed by atoms with van der Waals surface area (Å²) in [4.78, 5) is 2.33. The van der Waals surface area contributed by atoms with Crippen molar-refractivity contribution in [2.24, 2.45) is 11.3 Å². The molecule has 0 spiro atoms. The van der Waals surface area contributed by atoms with E-state index in [-0.39, 0.29) is 31.3 Å². The van der Waals surface area contributed by atoms with Crippen LogP contribution in [0.4, 0.5) is 0 Å². The number of nitrogens with zero attached hydrogens (tertiary/aromatic N) is 2. The molecule has 3 heterocycles. The second-order valence-electron chi connectivity index (χ2n) is 8.87. The lowest BCUT2D eigenvalue weighted by atomic mass is 9.56. The molecule has 4 rings (SSSR count). The Bertz CT molecular complexity index is 944. The van der Waals surface area contributed by atoms with Gasteiger partial charge in [0.2, 0.25) is 0 Å². The summed E-state index contributed by atoms with van der Waals surface area (Å²) in [6, 6.07) is 9.49. The fraction of sp³-hybridized carbons (Fsp3) is 0.522. The van der Waals surface area contributed by atoms with Gasteiger partial charge in [0.05, 0.1) is 18.8 Å². The zero-order valence-corrected chi connectivity index (χ0v) is 18.0. The van der Waals surface area contributed by atoms with E-state index >= 15 is 0 Å². The second kappa shape index (κ2) is 9.00. The van der Waals surface area contributed by atoms with Gasteiger partial charge >= 0.3 is 0 Å². The van der Waals surface area contributed by atoms with Crippen LogP contribution in [0.5, 0.6) is 0 Å². The normalized spacial score (nSPS) is 20.3. The molecule has 0 aliphatic heterocycles. The van der Waals surface area contributed by atoms with Crippen LogP contribution in [-0.4, -0.2) is 31.4 Å². The Labute approximate surface area is 181 Å². The minimum atomic E-state index is -0.143. The predicted molar refractivity (Wildman–Crippen MR) is 110 cm³/mol. The van der Waals surface area contributed by atoms with Gasteiger partial charge in [0.25, 0.3) is 0 Å². The first kappa shape index (κ1) is 21.8. The van der Waals surface area contributed by atoms with E-state index in [0.717, 1.165) is 30.1 Å². The van der Waals surface area contributed by atoms with Crippen molar-refractivity contribution >= 4 is 0 Å². The number of hydrogen-bond acceptors (Lipinski definition) is 8. The maximum atomic E-state index is 9.32. The molecule has 0 bridgehead atoms. The Hall–Kier alpha value is -2.39. The van der Waals surface area contributed by atoms with Crippen LogP contribution in [0.1, 0.15) is 54.8 Å². The van der Waals surface area contributed by atoms with Crippen molar-refractivity contribution < 1.29 is 28.7 Å². The van der Waals surface area contributed by atoms with E-state index in [1.807, 2.05) is 18.2 Å². The van der Waals surface area contributed by atoms with Crippen molar-refractivity contribution in [1.29, 1.82) is 0 Å².